The Morgan fingerprint density at radius 3 is 2.94 bits per heavy atom. The van der Waals surface area contributed by atoms with E-state index in [2.05, 4.69) is 9.97 Å². The van der Waals surface area contributed by atoms with Gasteiger partial charge in [-0.05, 0) is 37.8 Å². The maximum atomic E-state index is 11.1. The molecule has 0 unspecified atom stereocenters. The van der Waals surface area contributed by atoms with E-state index in [4.69, 9.17) is 5.73 Å². The molecule has 2 N–H and O–H groups in total. The van der Waals surface area contributed by atoms with E-state index in [9.17, 15) is 4.79 Å². The fraction of sp³-hybridized carbons (Fsp3) is 0.308. The van der Waals surface area contributed by atoms with Crippen LogP contribution in [-0.2, 0) is 12.8 Å². The lowest BCUT2D eigenvalue weighted by Gasteiger charge is -2.14. The summed E-state index contributed by atoms with van der Waals surface area (Å²) >= 11 is 0. The molecule has 0 atom stereocenters. The van der Waals surface area contributed by atoms with Gasteiger partial charge in [0.1, 0.15) is 5.69 Å². The van der Waals surface area contributed by atoms with Crippen LogP contribution in [0.1, 0.15) is 34.7 Å². The van der Waals surface area contributed by atoms with E-state index in [1.165, 1.54) is 24.2 Å². The summed E-state index contributed by atoms with van der Waals surface area (Å²) in [6.45, 7) is 0. The molecular weight excluding hydrogens is 228 g/mol. The first kappa shape index (κ1) is 11.0. The first-order chi connectivity index (χ1) is 8.75. The van der Waals surface area contributed by atoms with Gasteiger partial charge in [-0.15, -0.1) is 0 Å². The SMILES string of the molecule is NC(=O)c1cc(-n2cnc3c2CCCC3)ccn1. The van der Waals surface area contributed by atoms with Crippen molar-refractivity contribution in [2.24, 2.45) is 5.73 Å². The highest BCUT2D eigenvalue weighted by Crippen LogP contribution is 2.23. The van der Waals surface area contributed by atoms with Crippen LogP contribution in [0.5, 0.6) is 0 Å². The predicted octanol–water partition coefficient (Wildman–Crippen LogP) is 1.24. The third kappa shape index (κ3) is 1.77. The molecule has 2 aromatic heterocycles. The lowest BCUT2D eigenvalue weighted by molar-refractivity contribution is 0.0995. The molecule has 5 nitrogen and oxygen atoms in total. The molecule has 0 fully saturated rings. The molecule has 1 aliphatic rings. The molecule has 5 heteroatoms. The van der Waals surface area contributed by atoms with Gasteiger partial charge in [-0.1, -0.05) is 0 Å². The summed E-state index contributed by atoms with van der Waals surface area (Å²) in [5.74, 6) is -0.508. The zero-order valence-corrected chi connectivity index (χ0v) is 9.97. The molecule has 0 aliphatic heterocycles. The highest BCUT2D eigenvalue weighted by atomic mass is 16.1. The van der Waals surface area contributed by atoms with Crippen molar-refractivity contribution in [1.29, 1.82) is 0 Å². The van der Waals surface area contributed by atoms with Crippen LogP contribution in [0.25, 0.3) is 5.69 Å². The Morgan fingerprint density at radius 2 is 2.11 bits per heavy atom. The van der Waals surface area contributed by atoms with Crippen molar-refractivity contribution in [3.63, 3.8) is 0 Å². The number of rotatable bonds is 2. The van der Waals surface area contributed by atoms with Crippen molar-refractivity contribution < 1.29 is 4.79 Å². The number of amides is 1. The van der Waals surface area contributed by atoms with E-state index in [1.807, 2.05) is 17.0 Å². The third-order valence-electron chi connectivity index (χ3n) is 3.30. The number of primary amides is 1. The van der Waals surface area contributed by atoms with E-state index in [1.54, 1.807) is 12.3 Å². The fourth-order valence-corrected chi connectivity index (χ4v) is 2.40. The van der Waals surface area contributed by atoms with Crippen LogP contribution in [0.15, 0.2) is 24.7 Å². The number of hydrogen-bond donors (Lipinski definition) is 1. The minimum absolute atomic E-state index is 0.283. The first-order valence-corrected chi connectivity index (χ1v) is 6.07. The maximum Gasteiger partial charge on any atom is 0.267 e. The number of nitrogens with zero attached hydrogens (tertiary/aromatic N) is 3. The summed E-state index contributed by atoms with van der Waals surface area (Å²) in [7, 11) is 0. The standard InChI is InChI=1S/C13H14N4O/c14-13(18)11-7-9(5-6-15-11)17-8-16-10-3-1-2-4-12(10)17/h5-8H,1-4H2,(H2,14,18). The monoisotopic (exact) mass is 242 g/mol. The Labute approximate surface area is 105 Å². The van der Waals surface area contributed by atoms with Crippen molar-refractivity contribution in [2.75, 3.05) is 0 Å². The van der Waals surface area contributed by atoms with Crippen LogP contribution in [-0.4, -0.2) is 20.4 Å². The van der Waals surface area contributed by atoms with Gasteiger partial charge in [-0.25, -0.2) is 4.98 Å². The Balaban J connectivity index is 2.07. The van der Waals surface area contributed by atoms with E-state index >= 15 is 0 Å². The molecule has 0 saturated carbocycles. The molecule has 92 valence electrons. The molecule has 0 aromatic carbocycles. The Bertz CT molecular complexity index is 603. The maximum absolute atomic E-state index is 11.1. The molecule has 0 bridgehead atoms. The molecule has 2 heterocycles. The van der Waals surface area contributed by atoms with Crippen molar-refractivity contribution in [2.45, 2.75) is 25.7 Å². The number of fused-ring (bicyclic) bond motifs is 1. The van der Waals surface area contributed by atoms with E-state index in [-0.39, 0.29) is 5.69 Å². The fourth-order valence-electron chi connectivity index (χ4n) is 2.40. The first-order valence-electron chi connectivity index (χ1n) is 6.07. The van der Waals surface area contributed by atoms with Gasteiger partial charge in [0.2, 0.25) is 0 Å². The normalized spacial score (nSPS) is 14.2. The Hall–Kier alpha value is -2.17. The Kier molecular flexibility index (Phi) is 2.59. The van der Waals surface area contributed by atoms with Crippen LogP contribution >= 0.6 is 0 Å². The third-order valence-corrected chi connectivity index (χ3v) is 3.30. The van der Waals surface area contributed by atoms with Gasteiger partial charge in [0.05, 0.1) is 17.7 Å². The van der Waals surface area contributed by atoms with E-state index in [0.717, 1.165) is 18.5 Å². The minimum atomic E-state index is -0.508. The molecular formula is C13H14N4O. The second kappa shape index (κ2) is 4.25. The average molecular weight is 242 g/mol. The smallest absolute Gasteiger partial charge is 0.267 e. The van der Waals surface area contributed by atoms with Gasteiger partial charge in [0, 0.05) is 11.9 Å². The summed E-state index contributed by atoms with van der Waals surface area (Å²) < 4.78 is 2.03. The van der Waals surface area contributed by atoms with Gasteiger partial charge >= 0.3 is 0 Å². The van der Waals surface area contributed by atoms with Crippen molar-refractivity contribution in [1.82, 2.24) is 14.5 Å². The van der Waals surface area contributed by atoms with Gasteiger partial charge in [-0.3, -0.25) is 9.78 Å². The quantitative estimate of drug-likeness (QED) is 0.861. The zero-order chi connectivity index (χ0) is 12.5. The van der Waals surface area contributed by atoms with Gasteiger partial charge in [-0.2, -0.15) is 0 Å². The summed E-state index contributed by atoms with van der Waals surface area (Å²) in [4.78, 5) is 19.5. The topological polar surface area (TPSA) is 73.8 Å². The average Bonchev–Trinajstić information content (AvgIpc) is 2.82. The highest BCUT2D eigenvalue weighted by Gasteiger charge is 2.16. The largest absolute Gasteiger partial charge is 0.364 e. The predicted molar refractivity (Wildman–Crippen MR) is 66.5 cm³/mol. The number of aryl methyl sites for hydroxylation is 1. The molecule has 1 amide bonds. The van der Waals surface area contributed by atoms with Crippen molar-refractivity contribution in [3.05, 3.63) is 41.7 Å². The van der Waals surface area contributed by atoms with Crippen LogP contribution in [0, 0.1) is 0 Å². The number of nitrogens with two attached hydrogens (primary N) is 1. The molecule has 1 aliphatic carbocycles. The van der Waals surface area contributed by atoms with Crippen LogP contribution < -0.4 is 5.73 Å². The zero-order valence-electron chi connectivity index (χ0n) is 9.97. The number of pyridine rings is 1. The van der Waals surface area contributed by atoms with Crippen molar-refractivity contribution in [3.8, 4) is 5.69 Å². The summed E-state index contributed by atoms with van der Waals surface area (Å²) in [5.41, 5.74) is 8.83. The summed E-state index contributed by atoms with van der Waals surface area (Å²) in [5, 5.41) is 0. The molecule has 3 rings (SSSR count). The number of carbonyl (C=O) groups is 1. The second-order valence-corrected chi connectivity index (χ2v) is 4.48. The number of carbonyl (C=O) groups excluding carboxylic acids is 1. The van der Waals surface area contributed by atoms with Crippen LogP contribution in [0.3, 0.4) is 0 Å². The van der Waals surface area contributed by atoms with E-state index < -0.39 is 5.91 Å². The molecule has 2 aromatic rings. The minimum Gasteiger partial charge on any atom is -0.364 e. The highest BCUT2D eigenvalue weighted by molar-refractivity contribution is 5.91. The molecule has 0 spiro atoms. The molecule has 18 heavy (non-hydrogen) atoms. The lowest BCUT2D eigenvalue weighted by Crippen LogP contribution is -2.14. The molecule has 0 radical (unpaired) electrons. The summed E-state index contributed by atoms with van der Waals surface area (Å²) in [6, 6.07) is 3.57. The number of imidazole rings is 1. The summed E-state index contributed by atoms with van der Waals surface area (Å²) in [6.07, 6.45) is 7.87. The van der Waals surface area contributed by atoms with Crippen LogP contribution in [0.4, 0.5) is 0 Å². The van der Waals surface area contributed by atoms with Crippen molar-refractivity contribution >= 4 is 5.91 Å². The van der Waals surface area contributed by atoms with Gasteiger partial charge in [0.15, 0.2) is 0 Å². The number of aromatic nitrogens is 3. The van der Waals surface area contributed by atoms with Gasteiger partial charge < -0.3 is 10.3 Å². The van der Waals surface area contributed by atoms with Crippen LogP contribution in [0.2, 0.25) is 0 Å². The van der Waals surface area contributed by atoms with Gasteiger partial charge in [0.25, 0.3) is 5.91 Å². The second-order valence-electron chi connectivity index (χ2n) is 4.48. The molecule has 0 saturated heterocycles. The van der Waals surface area contributed by atoms with E-state index in [0.29, 0.717) is 0 Å². The lowest BCUT2D eigenvalue weighted by atomic mass is 10.0. The number of hydrogen-bond acceptors (Lipinski definition) is 3. The Morgan fingerprint density at radius 1 is 1.28 bits per heavy atom.